The van der Waals surface area contributed by atoms with Gasteiger partial charge in [-0.05, 0) is 72.9 Å². The normalized spacial score (nSPS) is 27.5. The standard InChI is InChI=1S/C39H30Cl2N2O6/c1-49-26-14-15-28(32(44)19-26)34-27-16-17-29-33(37(47)42(35(29)45)24-12-10-22(40)11-13-24)30(27)20-31-36(46)43(25-9-5-8-23(41)18-25)38(48)39(31,34)21-6-3-2-4-7-21/h2-16,18-19,29-31,33-34,44H,17,20H2,1H3. The van der Waals surface area contributed by atoms with Crippen LogP contribution in [0.1, 0.15) is 29.9 Å². The molecule has 4 amide bonds. The van der Waals surface area contributed by atoms with Gasteiger partial charge in [0.25, 0.3) is 0 Å². The Hall–Kier alpha value is -4.92. The van der Waals surface area contributed by atoms with Gasteiger partial charge in [-0.15, -0.1) is 0 Å². The molecule has 8 nitrogen and oxygen atoms in total. The van der Waals surface area contributed by atoms with E-state index in [9.17, 15) is 19.5 Å². The van der Waals surface area contributed by atoms with Gasteiger partial charge >= 0.3 is 0 Å². The van der Waals surface area contributed by atoms with Gasteiger partial charge in [-0.3, -0.25) is 24.1 Å². The third-order valence-electron chi connectivity index (χ3n) is 10.8. The Kier molecular flexibility index (Phi) is 7.42. The van der Waals surface area contributed by atoms with Crippen molar-refractivity contribution in [2.24, 2.45) is 23.7 Å². The number of phenols is 1. The zero-order chi connectivity index (χ0) is 34.2. The Morgan fingerprint density at radius 2 is 1.51 bits per heavy atom. The molecule has 0 aromatic heterocycles. The molecule has 2 saturated heterocycles. The van der Waals surface area contributed by atoms with E-state index in [2.05, 4.69) is 0 Å². The van der Waals surface area contributed by atoms with E-state index in [0.717, 1.165) is 5.57 Å². The number of methoxy groups -OCH3 is 1. The Balaban J connectivity index is 1.36. The Morgan fingerprint density at radius 1 is 0.755 bits per heavy atom. The smallest absolute Gasteiger partial charge is 0.246 e. The summed E-state index contributed by atoms with van der Waals surface area (Å²) in [4.78, 5) is 60.8. The number of hydrogen-bond acceptors (Lipinski definition) is 6. The lowest BCUT2D eigenvalue weighted by atomic mass is 9.49. The van der Waals surface area contributed by atoms with Crippen molar-refractivity contribution in [1.82, 2.24) is 0 Å². The number of imide groups is 2. The van der Waals surface area contributed by atoms with Gasteiger partial charge in [0.15, 0.2) is 0 Å². The van der Waals surface area contributed by atoms with E-state index in [0.29, 0.717) is 38.3 Å². The largest absolute Gasteiger partial charge is 0.508 e. The summed E-state index contributed by atoms with van der Waals surface area (Å²) in [5.74, 6) is -5.05. The zero-order valence-electron chi connectivity index (χ0n) is 26.3. The number of carbonyl (C=O) groups excluding carboxylic acids is 4. The van der Waals surface area contributed by atoms with Gasteiger partial charge in [0.05, 0.1) is 41.7 Å². The number of phenolic OH excluding ortho intramolecular Hbond substituents is 1. The molecule has 8 rings (SSSR count). The molecule has 1 saturated carbocycles. The fourth-order valence-corrected chi connectivity index (χ4v) is 9.14. The number of nitrogens with zero attached hydrogens (tertiary/aromatic N) is 2. The highest BCUT2D eigenvalue weighted by molar-refractivity contribution is 6.32. The molecule has 1 N–H and O–H groups in total. The van der Waals surface area contributed by atoms with Crippen LogP contribution in [0.4, 0.5) is 11.4 Å². The highest BCUT2D eigenvalue weighted by Gasteiger charge is 2.70. The summed E-state index contributed by atoms with van der Waals surface area (Å²) in [5, 5.41) is 12.5. The van der Waals surface area contributed by atoms with E-state index < -0.39 is 46.8 Å². The molecule has 4 aromatic carbocycles. The van der Waals surface area contributed by atoms with Crippen LogP contribution in [-0.2, 0) is 24.6 Å². The molecule has 6 atom stereocenters. The third kappa shape index (κ3) is 4.50. The van der Waals surface area contributed by atoms with Crippen molar-refractivity contribution in [1.29, 1.82) is 0 Å². The van der Waals surface area contributed by atoms with Gasteiger partial charge in [-0.2, -0.15) is 0 Å². The van der Waals surface area contributed by atoms with Crippen LogP contribution in [0.2, 0.25) is 10.0 Å². The maximum atomic E-state index is 15.3. The lowest BCUT2D eigenvalue weighted by Crippen LogP contribution is -2.53. The molecular weight excluding hydrogens is 663 g/mol. The van der Waals surface area contributed by atoms with Gasteiger partial charge in [0.2, 0.25) is 23.6 Å². The van der Waals surface area contributed by atoms with Crippen LogP contribution < -0.4 is 14.5 Å². The molecule has 246 valence electrons. The van der Waals surface area contributed by atoms with E-state index in [4.69, 9.17) is 27.9 Å². The number of halogens is 2. The number of anilines is 2. The quantitative estimate of drug-likeness (QED) is 0.177. The first-order valence-electron chi connectivity index (χ1n) is 16.1. The monoisotopic (exact) mass is 692 g/mol. The second-order valence-corrected chi connectivity index (χ2v) is 13.9. The molecule has 2 aliphatic heterocycles. The van der Waals surface area contributed by atoms with Crippen molar-refractivity contribution >= 4 is 58.2 Å². The summed E-state index contributed by atoms with van der Waals surface area (Å²) >= 11 is 12.5. The lowest BCUT2D eigenvalue weighted by Gasteiger charge is -2.50. The molecule has 49 heavy (non-hydrogen) atoms. The van der Waals surface area contributed by atoms with Crippen LogP contribution in [-0.4, -0.2) is 35.8 Å². The summed E-state index contributed by atoms with van der Waals surface area (Å²) in [6, 6.07) is 27.2. The number of fused-ring (bicyclic) bond motifs is 4. The van der Waals surface area contributed by atoms with Crippen molar-refractivity contribution < 1.29 is 29.0 Å². The molecule has 2 aliphatic carbocycles. The summed E-state index contributed by atoms with van der Waals surface area (Å²) < 4.78 is 5.40. The molecule has 4 aromatic rings. The molecule has 0 spiro atoms. The Bertz CT molecular complexity index is 2080. The number of carbonyl (C=O) groups is 4. The number of aromatic hydroxyl groups is 1. The summed E-state index contributed by atoms with van der Waals surface area (Å²) in [6.45, 7) is 0. The van der Waals surface area contributed by atoms with Crippen LogP contribution >= 0.6 is 23.2 Å². The minimum atomic E-state index is -1.50. The highest BCUT2D eigenvalue weighted by atomic mass is 35.5. The van der Waals surface area contributed by atoms with Crippen LogP contribution in [0, 0.1) is 23.7 Å². The SMILES string of the molecule is COc1ccc(C2C3=CCC4C(=O)N(c5ccc(Cl)cc5)C(=O)C4C3CC3C(=O)N(c4cccc(Cl)c4)C(=O)C32c2ccccc2)c(O)c1. The highest BCUT2D eigenvalue weighted by Crippen LogP contribution is 2.65. The van der Waals surface area contributed by atoms with Crippen molar-refractivity contribution in [2.75, 3.05) is 16.9 Å². The van der Waals surface area contributed by atoms with Crippen molar-refractivity contribution in [3.05, 3.63) is 130 Å². The van der Waals surface area contributed by atoms with Crippen LogP contribution in [0.25, 0.3) is 0 Å². The second-order valence-electron chi connectivity index (χ2n) is 13.0. The first-order chi connectivity index (χ1) is 23.7. The maximum Gasteiger partial charge on any atom is 0.246 e. The molecule has 0 radical (unpaired) electrons. The predicted octanol–water partition coefficient (Wildman–Crippen LogP) is 7.07. The minimum Gasteiger partial charge on any atom is -0.508 e. The van der Waals surface area contributed by atoms with E-state index >= 15 is 4.79 Å². The molecule has 6 unspecified atom stereocenters. The molecule has 2 heterocycles. The van der Waals surface area contributed by atoms with Crippen LogP contribution in [0.15, 0.2) is 109 Å². The molecule has 4 aliphatic rings. The molecule has 0 bridgehead atoms. The number of amides is 4. The number of ether oxygens (including phenoxy) is 1. The fourth-order valence-electron chi connectivity index (χ4n) is 8.83. The molecular formula is C39H30Cl2N2O6. The Labute approximate surface area is 292 Å². The first kappa shape index (κ1) is 31.4. The first-order valence-corrected chi connectivity index (χ1v) is 16.8. The predicted molar refractivity (Wildman–Crippen MR) is 185 cm³/mol. The second kappa shape index (κ2) is 11.6. The van der Waals surface area contributed by atoms with E-state index in [1.165, 1.54) is 23.0 Å². The number of rotatable bonds is 5. The van der Waals surface area contributed by atoms with Gasteiger partial charge in [-0.1, -0.05) is 77.3 Å². The van der Waals surface area contributed by atoms with Gasteiger partial charge in [0.1, 0.15) is 11.5 Å². The number of hydrogen-bond donors (Lipinski definition) is 1. The van der Waals surface area contributed by atoms with Crippen molar-refractivity contribution in [2.45, 2.75) is 24.2 Å². The summed E-state index contributed by atoms with van der Waals surface area (Å²) in [7, 11) is 1.49. The minimum absolute atomic E-state index is 0.111. The van der Waals surface area contributed by atoms with Gasteiger partial charge in [-0.25, -0.2) is 4.90 Å². The average Bonchev–Trinajstić information content (AvgIpc) is 3.50. The summed E-state index contributed by atoms with van der Waals surface area (Å²) in [6.07, 6.45) is 2.36. The van der Waals surface area contributed by atoms with Crippen LogP contribution in [0.3, 0.4) is 0 Å². The molecule has 3 fully saturated rings. The summed E-state index contributed by atoms with van der Waals surface area (Å²) in [5.41, 5.74) is 1.04. The van der Waals surface area contributed by atoms with Crippen molar-refractivity contribution in [3.8, 4) is 11.5 Å². The average molecular weight is 694 g/mol. The third-order valence-corrected chi connectivity index (χ3v) is 11.3. The van der Waals surface area contributed by atoms with E-state index in [1.807, 2.05) is 36.4 Å². The van der Waals surface area contributed by atoms with E-state index in [-0.39, 0.29) is 30.4 Å². The van der Waals surface area contributed by atoms with E-state index in [1.54, 1.807) is 60.7 Å². The number of benzene rings is 4. The van der Waals surface area contributed by atoms with Gasteiger partial charge < -0.3 is 9.84 Å². The lowest BCUT2D eigenvalue weighted by molar-refractivity contribution is -0.127. The Morgan fingerprint density at radius 3 is 2.20 bits per heavy atom. The van der Waals surface area contributed by atoms with Crippen molar-refractivity contribution in [3.63, 3.8) is 0 Å². The topological polar surface area (TPSA) is 104 Å². The maximum absolute atomic E-state index is 15.3. The fraction of sp³-hybridized carbons (Fsp3) is 0.231. The zero-order valence-corrected chi connectivity index (χ0v) is 27.8. The molecule has 10 heteroatoms. The van der Waals surface area contributed by atoms with Gasteiger partial charge in [0, 0.05) is 27.6 Å². The number of allylic oxidation sites excluding steroid dienone is 2. The van der Waals surface area contributed by atoms with Crippen LogP contribution in [0.5, 0.6) is 11.5 Å².